The van der Waals surface area contributed by atoms with E-state index in [1.807, 2.05) is 36.2 Å². The number of rotatable bonds is 6. The first-order valence-electron chi connectivity index (χ1n) is 10.6. The third-order valence-corrected chi connectivity index (χ3v) is 5.60. The highest BCUT2D eigenvalue weighted by atomic mass is 19.1. The Labute approximate surface area is 187 Å². The fourth-order valence-corrected chi connectivity index (χ4v) is 3.64. The van der Waals surface area contributed by atoms with E-state index in [1.165, 1.54) is 18.5 Å². The summed E-state index contributed by atoms with van der Waals surface area (Å²) in [4.78, 5) is 27.7. The number of carbonyl (C=O) groups excluding carboxylic acids is 1. The molecule has 2 heterocycles. The number of aromatic nitrogens is 2. The van der Waals surface area contributed by atoms with Gasteiger partial charge in [-0.25, -0.2) is 14.4 Å². The molecule has 8 heteroatoms. The number of anilines is 3. The number of hydrogen-bond acceptors (Lipinski definition) is 6. The number of nitrogens with zero attached hydrogens (tertiary/aromatic N) is 5. The average molecular weight is 435 g/mol. The Morgan fingerprint density at radius 3 is 2.41 bits per heavy atom. The number of hydrogen-bond donors (Lipinski definition) is 1. The summed E-state index contributed by atoms with van der Waals surface area (Å²) in [5.41, 5.74) is 3.10. The molecule has 7 nitrogen and oxygen atoms in total. The lowest BCUT2D eigenvalue weighted by Gasteiger charge is -2.34. The number of nitrogens with one attached hydrogen (secondary N) is 1. The highest BCUT2D eigenvalue weighted by Crippen LogP contribution is 2.20. The van der Waals surface area contributed by atoms with Crippen molar-refractivity contribution in [3.8, 4) is 0 Å². The van der Waals surface area contributed by atoms with Crippen molar-refractivity contribution in [2.24, 2.45) is 0 Å². The topological polar surface area (TPSA) is 64.6 Å². The van der Waals surface area contributed by atoms with Crippen LogP contribution in [0.1, 0.15) is 16.1 Å². The van der Waals surface area contributed by atoms with Gasteiger partial charge in [0.2, 0.25) is 0 Å². The number of benzene rings is 2. The molecule has 2 aromatic carbocycles. The SMILES string of the molecule is CN1CCN(c2ccc(NC(=O)c3cc(N(C)Cc4ccc(F)cc4)ncn3)cc2)CC1. The Morgan fingerprint density at radius 1 is 1.03 bits per heavy atom. The molecule has 1 aliphatic heterocycles. The summed E-state index contributed by atoms with van der Waals surface area (Å²) in [5.74, 6) is 0.0463. The average Bonchev–Trinajstić information content (AvgIpc) is 2.82. The molecule has 1 saturated heterocycles. The molecule has 1 aromatic heterocycles. The van der Waals surface area contributed by atoms with E-state index in [9.17, 15) is 9.18 Å². The van der Waals surface area contributed by atoms with Gasteiger partial charge in [0, 0.05) is 57.2 Å². The van der Waals surface area contributed by atoms with E-state index >= 15 is 0 Å². The zero-order valence-corrected chi connectivity index (χ0v) is 18.3. The quantitative estimate of drug-likeness (QED) is 0.643. The van der Waals surface area contributed by atoms with Crippen LogP contribution in [0.2, 0.25) is 0 Å². The highest BCUT2D eigenvalue weighted by Gasteiger charge is 2.15. The molecule has 0 aliphatic carbocycles. The molecule has 4 rings (SSSR count). The molecule has 1 fully saturated rings. The van der Waals surface area contributed by atoms with Gasteiger partial charge in [0.1, 0.15) is 23.7 Å². The maximum absolute atomic E-state index is 13.1. The van der Waals surface area contributed by atoms with Crippen LogP contribution < -0.4 is 15.1 Å². The first-order chi connectivity index (χ1) is 15.5. The second kappa shape index (κ2) is 9.74. The monoisotopic (exact) mass is 434 g/mol. The molecular formula is C24H27FN6O. The van der Waals surface area contributed by atoms with Crippen LogP contribution in [0.5, 0.6) is 0 Å². The van der Waals surface area contributed by atoms with Crippen LogP contribution in [0.15, 0.2) is 60.9 Å². The van der Waals surface area contributed by atoms with Crippen molar-refractivity contribution in [2.75, 3.05) is 55.4 Å². The number of halogens is 1. The van der Waals surface area contributed by atoms with Crippen LogP contribution in [0.3, 0.4) is 0 Å². The zero-order chi connectivity index (χ0) is 22.5. The van der Waals surface area contributed by atoms with Gasteiger partial charge in [-0.15, -0.1) is 0 Å². The number of piperazine rings is 1. The minimum absolute atomic E-state index is 0.269. The Kier molecular flexibility index (Phi) is 6.61. The fourth-order valence-electron chi connectivity index (χ4n) is 3.64. The van der Waals surface area contributed by atoms with Crippen LogP contribution >= 0.6 is 0 Å². The summed E-state index contributed by atoms with van der Waals surface area (Å²) < 4.78 is 13.1. The van der Waals surface area contributed by atoms with Crippen molar-refractivity contribution in [3.05, 3.63) is 78.0 Å². The van der Waals surface area contributed by atoms with Crippen LogP contribution in [-0.4, -0.2) is 61.0 Å². The number of carbonyl (C=O) groups is 1. The summed E-state index contributed by atoms with van der Waals surface area (Å²) in [7, 11) is 4.00. The van der Waals surface area contributed by atoms with E-state index in [0.29, 0.717) is 18.1 Å². The van der Waals surface area contributed by atoms with E-state index < -0.39 is 0 Å². The molecule has 1 N–H and O–H groups in total. The van der Waals surface area contributed by atoms with Crippen LogP contribution in [0, 0.1) is 5.82 Å². The molecule has 1 amide bonds. The Morgan fingerprint density at radius 2 is 1.72 bits per heavy atom. The van der Waals surface area contributed by atoms with Gasteiger partial charge in [-0.3, -0.25) is 4.79 Å². The molecule has 0 spiro atoms. The van der Waals surface area contributed by atoms with Gasteiger partial charge < -0.3 is 20.0 Å². The Bertz CT molecular complexity index is 1050. The molecule has 0 atom stereocenters. The number of likely N-dealkylation sites (N-methyl/N-ethyl adjacent to an activating group) is 1. The summed E-state index contributed by atoms with van der Waals surface area (Å²) in [6, 6.07) is 15.8. The van der Waals surface area contributed by atoms with E-state index in [-0.39, 0.29) is 17.4 Å². The summed E-state index contributed by atoms with van der Waals surface area (Å²) in [6.07, 6.45) is 1.38. The Hall–Kier alpha value is -3.52. The van der Waals surface area contributed by atoms with Gasteiger partial charge in [0.25, 0.3) is 5.91 Å². The summed E-state index contributed by atoms with van der Waals surface area (Å²) in [6.45, 7) is 4.62. The fraction of sp³-hybridized carbons (Fsp3) is 0.292. The molecule has 166 valence electrons. The van der Waals surface area contributed by atoms with Gasteiger partial charge in [-0.05, 0) is 49.0 Å². The second-order valence-electron chi connectivity index (χ2n) is 8.04. The van der Waals surface area contributed by atoms with Crippen molar-refractivity contribution in [3.63, 3.8) is 0 Å². The standard InChI is InChI=1S/C24H27FN6O/c1-29-11-13-31(14-12-29)21-9-7-20(8-10-21)28-24(32)22-15-23(27-17-26-22)30(2)16-18-3-5-19(25)6-4-18/h3-10,15,17H,11-14,16H2,1-2H3,(H,28,32). The van der Waals surface area contributed by atoms with E-state index in [1.54, 1.807) is 18.2 Å². The molecule has 0 bridgehead atoms. The van der Waals surface area contributed by atoms with E-state index in [0.717, 1.165) is 37.4 Å². The molecule has 0 unspecified atom stereocenters. The van der Waals surface area contributed by atoms with Crippen molar-refractivity contribution in [1.82, 2.24) is 14.9 Å². The maximum atomic E-state index is 13.1. The van der Waals surface area contributed by atoms with Crippen LogP contribution in [0.4, 0.5) is 21.6 Å². The first-order valence-corrected chi connectivity index (χ1v) is 10.6. The summed E-state index contributed by atoms with van der Waals surface area (Å²) in [5, 5.41) is 2.90. The third kappa shape index (κ3) is 5.39. The minimum atomic E-state index is -0.295. The van der Waals surface area contributed by atoms with Gasteiger partial charge in [0.15, 0.2) is 0 Å². The molecule has 0 radical (unpaired) electrons. The minimum Gasteiger partial charge on any atom is -0.369 e. The number of amides is 1. The van der Waals surface area contributed by atoms with E-state index in [4.69, 9.17) is 0 Å². The van der Waals surface area contributed by atoms with Gasteiger partial charge >= 0.3 is 0 Å². The predicted octanol–water partition coefficient (Wildman–Crippen LogP) is 3.26. The van der Waals surface area contributed by atoms with Crippen LogP contribution in [-0.2, 0) is 6.54 Å². The lowest BCUT2D eigenvalue weighted by Crippen LogP contribution is -2.44. The van der Waals surface area contributed by atoms with Gasteiger partial charge in [0.05, 0.1) is 0 Å². The molecule has 1 aliphatic rings. The van der Waals surface area contributed by atoms with E-state index in [2.05, 4.69) is 32.1 Å². The van der Waals surface area contributed by atoms with Gasteiger partial charge in [-0.2, -0.15) is 0 Å². The Balaban J connectivity index is 1.38. The van der Waals surface area contributed by atoms with Crippen molar-refractivity contribution < 1.29 is 9.18 Å². The largest absolute Gasteiger partial charge is 0.369 e. The zero-order valence-electron chi connectivity index (χ0n) is 18.3. The normalized spacial score (nSPS) is 14.3. The maximum Gasteiger partial charge on any atom is 0.274 e. The van der Waals surface area contributed by atoms with Crippen molar-refractivity contribution in [1.29, 1.82) is 0 Å². The molecule has 3 aromatic rings. The molecular weight excluding hydrogens is 407 g/mol. The van der Waals surface area contributed by atoms with Crippen LogP contribution in [0.25, 0.3) is 0 Å². The molecule has 32 heavy (non-hydrogen) atoms. The molecule has 0 saturated carbocycles. The smallest absolute Gasteiger partial charge is 0.274 e. The first kappa shape index (κ1) is 21.7. The highest BCUT2D eigenvalue weighted by molar-refractivity contribution is 6.03. The lowest BCUT2D eigenvalue weighted by atomic mass is 10.2. The second-order valence-corrected chi connectivity index (χ2v) is 8.04. The van der Waals surface area contributed by atoms with Gasteiger partial charge in [-0.1, -0.05) is 12.1 Å². The van der Waals surface area contributed by atoms with Crippen molar-refractivity contribution in [2.45, 2.75) is 6.54 Å². The summed E-state index contributed by atoms with van der Waals surface area (Å²) >= 11 is 0. The predicted molar refractivity (Wildman–Crippen MR) is 125 cm³/mol. The van der Waals surface area contributed by atoms with Crippen molar-refractivity contribution >= 4 is 23.1 Å². The third-order valence-electron chi connectivity index (χ3n) is 5.60. The lowest BCUT2D eigenvalue weighted by molar-refractivity contribution is 0.102.